The molecule has 1 aromatic carbocycles. The van der Waals surface area contributed by atoms with Crippen molar-refractivity contribution in [2.24, 2.45) is 0 Å². The van der Waals surface area contributed by atoms with Crippen molar-refractivity contribution < 1.29 is 4.79 Å². The zero-order valence-electron chi connectivity index (χ0n) is 14.3. The average Bonchev–Trinajstić information content (AvgIpc) is 2.72. The number of fused-ring (bicyclic) bond motifs is 1. The molecule has 3 aromatic rings. The van der Waals surface area contributed by atoms with E-state index in [0.717, 1.165) is 30.9 Å². The number of hydrogen-bond acceptors (Lipinski definition) is 5. The number of hydrogen-bond donors (Lipinski definition) is 1. The second kappa shape index (κ2) is 7.31. The van der Waals surface area contributed by atoms with Crippen LogP contribution in [-0.4, -0.2) is 27.6 Å². The summed E-state index contributed by atoms with van der Waals surface area (Å²) in [4.78, 5) is 18.4. The largest absolute Gasteiger partial charge is 0.350 e. The molecule has 2 aromatic heterocycles. The normalized spacial score (nSPS) is 13.2. The molecular weight excluding hydrogens is 326 g/mol. The van der Waals surface area contributed by atoms with Crippen molar-refractivity contribution in [3.05, 3.63) is 83.3 Å². The third kappa shape index (κ3) is 3.54. The second-order valence-electron chi connectivity index (χ2n) is 6.26. The maximum Gasteiger partial charge on any atom is 0.272 e. The molecule has 4 rings (SSSR count). The summed E-state index contributed by atoms with van der Waals surface area (Å²) >= 11 is 0. The topological polar surface area (TPSA) is 71.0 Å². The number of pyridine rings is 1. The molecule has 1 aliphatic rings. The maximum absolute atomic E-state index is 12.2. The molecule has 0 saturated heterocycles. The Bertz CT molecular complexity index is 896. The van der Waals surface area contributed by atoms with Crippen molar-refractivity contribution in [3.63, 3.8) is 0 Å². The third-order valence-electron chi connectivity index (χ3n) is 4.54. The summed E-state index contributed by atoms with van der Waals surface area (Å²) in [6.45, 7) is 2.16. The van der Waals surface area contributed by atoms with Gasteiger partial charge >= 0.3 is 0 Å². The summed E-state index contributed by atoms with van der Waals surface area (Å²) in [7, 11) is 0. The van der Waals surface area contributed by atoms with Gasteiger partial charge in [-0.05, 0) is 47.4 Å². The van der Waals surface area contributed by atoms with E-state index in [4.69, 9.17) is 0 Å². The van der Waals surface area contributed by atoms with E-state index in [2.05, 4.69) is 49.7 Å². The summed E-state index contributed by atoms with van der Waals surface area (Å²) in [6.07, 6.45) is 4.39. The lowest BCUT2D eigenvalue weighted by Crippen LogP contribution is -2.31. The quantitative estimate of drug-likeness (QED) is 0.786. The highest BCUT2D eigenvalue weighted by molar-refractivity contribution is 5.92. The first-order valence-electron chi connectivity index (χ1n) is 8.62. The Morgan fingerprint density at radius 3 is 2.58 bits per heavy atom. The van der Waals surface area contributed by atoms with Gasteiger partial charge in [0.2, 0.25) is 0 Å². The molecule has 0 unspecified atom stereocenters. The fourth-order valence-electron chi connectivity index (χ4n) is 3.08. The number of amides is 1. The summed E-state index contributed by atoms with van der Waals surface area (Å²) in [6, 6.07) is 15.8. The lowest BCUT2D eigenvalue weighted by molar-refractivity contribution is 0.0945. The molecule has 1 N–H and O–H groups in total. The fourth-order valence-corrected chi connectivity index (χ4v) is 3.08. The van der Waals surface area contributed by atoms with E-state index >= 15 is 0 Å². The van der Waals surface area contributed by atoms with Gasteiger partial charge in [-0.2, -0.15) is 0 Å². The lowest BCUT2D eigenvalue weighted by Gasteiger charge is -2.29. The van der Waals surface area contributed by atoms with Crippen LogP contribution < -0.4 is 10.2 Å². The molecule has 0 saturated carbocycles. The van der Waals surface area contributed by atoms with Gasteiger partial charge in [-0.25, -0.2) is 0 Å². The van der Waals surface area contributed by atoms with Crippen LogP contribution in [0.1, 0.15) is 27.2 Å². The van der Waals surface area contributed by atoms with Crippen LogP contribution in [0.5, 0.6) is 0 Å². The fraction of sp³-hybridized carbons (Fsp3) is 0.200. The van der Waals surface area contributed by atoms with E-state index in [9.17, 15) is 4.79 Å². The molecule has 130 valence electrons. The third-order valence-corrected chi connectivity index (χ3v) is 4.54. The molecule has 26 heavy (non-hydrogen) atoms. The molecular formula is C20H19N5O. The van der Waals surface area contributed by atoms with Gasteiger partial charge < -0.3 is 10.2 Å². The maximum atomic E-state index is 12.2. The van der Waals surface area contributed by atoms with Gasteiger partial charge in [0.25, 0.3) is 5.91 Å². The number of anilines is 1. The van der Waals surface area contributed by atoms with Crippen LogP contribution in [0.3, 0.4) is 0 Å². The SMILES string of the molecule is O=C(NCc1ccncc1)c1ccc(N2CCc3ccccc3C2)nn1. The van der Waals surface area contributed by atoms with Crippen LogP contribution >= 0.6 is 0 Å². The van der Waals surface area contributed by atoms with Crippen molar-refractivity contribution in [2.75, 3.05) is 11.4 Å². The highest BCUT2D eigenvalue weighted by Gasteiger charge is 2.18. The standard InChI is InChI=1S/C20H19N5O/c26-20(22-13-15-7-10-21-11-8-15)18-5-6-19(24-23-18)25-12-9-16-3-1-2-4-17(16)14-25/h1-8,10-11H,9,12-14H2,(H,22,26). The first-order chi connectivity index (χ1) is 12.8. The highest BCUT2D eigenvalue weighted by Crippen LogP contribution is 2.22. The van der Waals surface area contributed by atoms with Crippen LogP contribution in [0.25, 0.3) is 0 Å². The van der Waals surface area contributed by atoms with E-state index in [0.29, 0.717) is 12.2 Å². The van der Waals surface area contributed by atoms with Gasteiger partial charge in [0.1, 0.15) is 0 Å². The van der Waals surface area contributed by atoms with Crippen molar-refractivity contribution in [1.82, 2.24) is 20.5 Å². The Labute approximate surface area is 151 Å². The molecule has 6 nitrogen and oxygen atoms in total. The average molecular weight is 345 g/mol. The van der Waals surface area contributed by atoms with Crippen molar-refractivity contribution in [1.29, 1.82) is 0 Å². The van der Waals surface area contributed by atoms with Gasteiger partial charge in [0.05, 0.1) is 0 Å². The Balaban J connectivity index is 1.40. The van der Waals surface area contributed by atoms with E-state index in [1.165, 1.54) is 11.1 Å². The van der Waals surface area contributed by atoms with E-state index in [1.54, 1.807) is 18.5 Å². The zero-order chi connectivity index (χ0) is 17.8. The number of carbonyl (C=O) groups is 1. The molecule has 0 radical (unpaired) electrons. The lowest BCUT2D eigenvalue weighted by atomic mass is 10.00. The summed E-state index contributed by atoms with van der Waals surface area (Å²) in [5.74, 6) is 0.565. The second-order valence-corrected chi connectivity index (χ2v) is 6.26. The first-order valence-corrected chi connectivity index (χ1v) is 8.62. The van der Waals surface area contributed by atoms with Crippen LogP contribution in [0, 0.1) is 0 Å². The predicted molar refractivity (Wildman–Crippen MR) is 98.6 cm³/mol. The number of benzene rings is 1. The summed E-state index contributed by atoms with van der Waals surface area (Å²) < 4.78 is 0. The molecule has 1 aliphatic heterocycles. The van der Waals surface area contributed by atoms with E-state index in [-0.39, 0.29) is 5.91 Å². The van der Waals surface area contributed by atoms with Crippen LogP contribution in [-0.2, 0) is 19.5 Å². The Morgan fingerprint density at radius 2 is 1.81 bits per heavy atom. The van der Waals surface area contributed by atoms with Crippen LogP contribution in [0.2, 0.25) is 0 Å². The van der Waals surface area contributed by atoms with Crippen LogP contribution in [0.15, 0.2) is 60.9 Å². The molecule has 0 bridgehead atoms. The molecule has 0 spiro atoms. The van der Waals surface area contributed by atoms with Gasteiger partial charge in [-0.1, -0.05) is 24.3 Å². The Kier molecular flexibility index (Phi) is 4.55. The first kappa shape index (κ1) is 16.2. The van der Waals surface area contributed by atoms with Gasteiger partial charge in [0, 0.05) is 32.0 Å². The van der Waals surface area contributed by atoms with E-state index < -0.39 is 0 Å². The number of aromatic nitrogens is 3. The molecule has 1 amide bonds. The van der Waals surface area contributed by atoms with Crippen LogP contribution in [0.4, 0.5) is 5.82 Å². The number of rotatable bonds is 4. The molecule has 3 heterocycles. The highest BCUT2D eigenvalue weighted by atomic mass is 16.1. The summed E-state index contributed by atoms with van der Waals surface area (Å²) in [5.41, 5.74) is 4.02. The van der Waals surface area contributed by atoms with Crippen molar-refractivity contribution >= 4 is 11.7 Å². The Morgan fingerprint density at radius 1 is 1.00 bits per heavy atom. The van der Waals surface area contributed by atoms with Gasteiger partial charge in [0.15, 0.2) is 11.5 Å². The summed E-state index contributed by atoms with van der Waals surface area (Å²) in [5, 5.41) is 11.2. The minimum absolute atomic E-state index is 0.232. The van der Waals surface area contributed by atoms with Gasteiger partial charge in [-0.3, -0.25) is 9.78 Å². The monoisotopic (exact) mass is 345 g/mol. The molecule has 0 aliphatic carbocycles. The number of nitrogens with one attached hydrogen (secondary N) is 1. The molecule has 0 fully saturated rings. The smallest absolute Gasteiger partial charge is 0.272 e. The zero-order valence-corrected chi connectivity index (χ0v) is 14.3. The minimum atomic E-state index is -0.232. The molecule has 6 heteroatoms. The predicted octanol–water partition coefficient (Wildman–Crippen LogP) is 2.36. The Hall–Kier alpha value is -3.28. The van der Waals surface area contributed by atoms with Crippen molar-refractivity contribution in [2.45, 2.75) is 19.5 Å². The van der Waals surface area contributed by atoms with E-state index in [1.807, 2.05) is 18.2 Å². The molecule has 0 atom stereocenters. The van der Waals surface area contributed by atoms with Crippen molar-refractivity contribution in [3.8, 4) is 0 Å². The number of carbonyl (C=O) groups excluding carboxylic acids is 1. The minimum Gasteiger partial charge on any atom is -0.350 e. The van der Waals surface area contributed by atoms with Gasteiger partial charge in [-0.15, -0.1) is 10.2 Å². The number of nitrogens with zero attached hydrogens (tertiary/aromatic N) is 4.